The van der Waals surface area contributed by atoms with E-state index in [2.05, 4.69) is 10.3 Å². The van der Waals surface area contributed by atoms with Crippen molar-refractivity contribution in [2.75, 3.05) is 18.4 Å². The van der Waals surface area contributed by atoms with Crippen molar-refractivity contribution in [1.29, 1.82) is 0 Å². The quantitative estimate of drug-likeness (QED) is 0.352. The second kappa shape index (κ2) is 10.8. The van der Waals surface area contributed by atoms with Crippen LogP contribution in [-0.2, 0) is 20.4 Å². The number of hydrogen-bond acceptors (Lipinski definition) is 5. The van der Waals surface area contributed by atoms with Crippen molar-refractivity contribution in [1.82, 2.24) is 9.88 Å². The summed E-state index contributed by atoms with van der Waals surface area (Å²) in [6, 6.07) is 9.27. The molecule has 1 fully saturated rings. The van der Waals surface area contributed by atoms with E-state index in [9.17, 15) is 18.0 Å². The Morgan fingerprint density at radius 1 is 1.18 bits per heavy atom. The maximum Gasteiger partial charge on any atom is 0.256 e. The van der Waals surface area contributed by atoms with E-state index in [-0.39, 0.29) is 46.0 Å². The lowest BCUT2D eigenvalue weighted by atomic mass is 10.0. The molecule has 2 aliphatic heterocycles. The van der Waals surface area contributed by atoms with E-state index in [0.29, 0.717) is 58.0 Å². The third-order valence-electron chi connectivity index (χ3n) is 7.02. The Hall–Kier alpha value is -3.11. The van der Waals surface area contributed by atoms with Gasteiger partial charge in [0.25, 0.3) is 11.8 Å². The van der Waals surface area contributed by atoms with Gasteiger partial charge in [-0.2, -0.15) is 0 Å². The van der Waals surface area contributed by atoms with Crippen molar-refractivity contribution in [2.45, 2.75) is 44.4 Å². The first-order valence-electron chi connectivity index (χ1n) is 12.0. The summed E-state index contributed by atoms with van der Waals surface area (Å²) in [7, 11) is -3.83. The summed E-state index contributed by atoms with van der Waals surface area (Å²) in [4.78, 5) is 31.0. The molecule has 1 atom stereocenters. The van der Waals surface area contributed by atoms with Crippen LogP contribution in [0.4, 0.5) is 5.69 Å². The normalized spacial score (nSPS) is 17.8. The van der Waals surface area contributed by atoms with Gasteiger partial charge in [0.2, 0.25) is 0 Å². The number of H-pyrrole nitrogens is 1. The zero-order chi connectivity index (χ0) is 27.4. The van der Waals surface area contributed by atoms with Crippen LogP contribution < -0.4 is 11.1 Å². The minimum atomic E-state index is -3.83. The molecule has 3 heterocycles. The highest BCUT2D eigenvalue weighted by Gasteiger charge is 2.30. The molecule has 8 nitrogen and oxygen atoms in total. The Bertz CT molecular complexity index is 1610. The fraction of sp³-hybridized carbons (Fsp3) is 0.286. The minimum absolute atomic E-state index is 0. The van der Waals surface area contributed by atoms with Gasteiger partial charge < -0.3 is 20.9 Å². The van der Waals surface area contributed by atoms with Crippen LogP contribution in [0.2, 0.25) is 10.0 Å². The van der Waals surface area contributed by atoms with Crippen LogP contribution in [0.1, 0.15) is 52.3 Å². The number of rotatable bonds is 5. The number of nitrogens with zero attached hydrogens (tertiary/aromatic N) is 1. The van der Waals surface area contributed by atoms with Crippen molar-refractivity contribution in [3.05, 3.63) is 80.1 Å². The van der Waals surface area contributed by atoms with Crippen molar-refractivity contribution in [2.24, 2.45) is 5.73 Å². The van der Waals surface area contributed by atoms with Gasteiger partial charge >= 0.3 is 0 Å². The number of nitrogens with two attached hydrogens (primary N) is 1. The average molecular weight is 590 g/mol. The Morgan fingerprint density at radius 2 is 1.87 bits per heavy atom. The van der Waals surface area contributed by atoms with E-state index in [4.69, 9.17) is 28.9 Å². The standard InChI is InChI=1S/C27H26Cl2N4O4S.CH4/c1-14-24(31-15(2)25(14)27(35)33-9-8-16(30)12-33)11-19-18-10-17(6-7-23(18)32-26(19)34)38(36,37)13-20-21(28)4-3-5-22(20)29;/h3-7,10-11,16,31H,8-9,12-13,30H2,1-2H3,(H,32,34);1H4/b19-11-;/t16-;/m1./s1. The molecular formula is C28H30Cl2N4O4S. The zero-order valence-corrected chi connectivity index (χ0v) is 23.1. The molecule has 0 bridgehead atoms. The lowest BCUT2D eigenvalue weighted by Crippen LogP contribution is -2.32. The lowest BCUT2D eigenvalue weighted by Gasteiger charge is -2.16. The number of fused-ring (bicyclic) bond motifs is 1. The maximum atomic E-state index is 13.3. The van der Waals surface area contributed by atoms with E-state index in [1.165, 1.54) is 12.1 Å². The number of aromatic amines is 1. The summed E-state index contributed by atoms with van der Waals surface area (Å²) in [5, 5.41) is 3.31. The van der Waals surface area contributed by atoms with Gasteiger partial charge in [-0.05, 0) is 62.2 Å². The number of nitrogens with one attached hydrogen (secondary N) is 2. The molecule has 39 heavy (non-hydrogen) atoms. The first-order valence-corrected chi connectivity index (χ1v) is 14.4. The number of aromatic nitrogens is 1. The van der Waals surface area contributed by atoms with Crippen LogP contribution in [0, 0.1) is 13.8 Å². The lowest BCUT2D eigenvalue weighted by molar-refractivity contribution is -0.110. The molecule has 206 valence electrons. The number of likely N-dealkylation sites (tertiary alicyclic amines) is 1. The number of hydrogen-bond donors (Lipinski definition) is 3. The third-order valence-corrected chi connectivity index (χ3v) is 9.37. The summed E-state index contributed by atoms with van der Waals surface area (Å²) in [6.07, 6.45) is 2.41. The highest BCUT2D eigenvalue weighted by Crippen LogP contribution is 2.37. The van der Waals surface area contributed by atoms with Crippen LogP contribution in [0.15, 0.2) is 41.3 Å². The van der Waals surface area contributed by atoms with E-state index < -0.39 is 9.84 Å². The maximum absolute atomic E-state index is 13.3. The number of carbonyl (C=O) groups is 2. The van der Waals surface area contributed by atoms with E-state index >= 15 is 0 Å². The Morgan fingerprint density at radius 3 is 2.51 bits per heavy atom. The molecule has 5 rings (SSSR count). The molecule has 1 saturated heterocycles. The molecule has 0 saturated carbocycles. The number of anilines is 1. The molecule has 2 amide bonds. The smallest absolute Gasteiger partial charge is 0.256 e. The van der Waals surface area contributed by atoms with Crippen molar-refractivity contribution in [3.63, 3.8) is 0 Å². The number of amides is 2. The topological polar surface area (TPSA) is 125 Å². The summed E-state index contributed by atoms with van der Waals surface area (Å²) in [5.41, 5.74) is 10.1. The molecule has 0 unspecified atom stereocenters. The van der Waals surface area contributed by atoms with Crippen molar-refractivity contribution < 1.29 is 18.0 Å². The first kappa shape index (κ1) is 28.9. The molecule has 0 radical (unpaired) electrons. The predicted molar refractivity (Wildman–Crippen MR) is 156 cm³/mol. The van der Waals surface area contributed by atoms with Gasteiger partial charge in [-0.1, -0.05) is 36.7 Å². The third kappa shape index (κ3) is 5.36. The monoisotopic (exact) mass is 588 g/mol. The van der Waals surface area contributed by atoms with Gasteiger partial charge in [-0.15, -0.1) is 0 Å². The van der Waals surface area contributed by atoms with Crippen LogP contribution >= 0.6 is 23.2 Å². The molecule has 3 aromatic rings. The zero-order valence-electron chi connectivity index (χ0n) is 20.8. The summed E-state index contributed by atoms with van der Waals surface area (Å²) in [5.74, 6) is -0.851. The highest BCUT2D eigenvalue weighted by atomic mass is 35.5. The van der Waals surface area contributed by atoms with Crippen LogP contribution in [-0.4, -0.2) is 49.2 Å². The van der Waals surface area contributed by atoms with Gasteiger partial charge in [-0.25, -0.2) is 8.42 Å². The largest absolute Gasteiger partial charge is 0.358 e. The van der Waals surface area contributed by atoms with Crippen molar-refractivity contribution in [3.8, 4) is 0 Å². The number of sulfone groups is 1. The van der Waals surface area contributed by atoms with Crippen LogP contribution in [0.25, 0.3) is 11.6 Å². The molecule has 4 N–H and O–H groups in total. The molecule has 2 aliphatic rings. The SMILES string of the molecule is C.Cc1[nH]c(/C=C2\C(=O)Nc3ccc(S(=O)(=O)Cc4c(Cl)cccc4Cl)cc32)c(C)c1C(=O)N1CC[C@@H](N)C1. The van der Waals surface area contributed by atoms with Gasteiger partial charge in [0.15, 0.2) is 9.84 Å². The van der Waals surface area contributed by atoms with Crippen LogP contribution in [0.5, 0.6) is 0 Å². The second-order valence-corrected chi connectivity index (χ2v) is 12.4. The Balaban J connectivity index is 0.00000353. The van der Waals surface area contributed by atoms with Gasteiger partial charge in [-0.3, -0.25) is 9.59 Å². The number of carbonyl (C=O) groups excluding carboxylic acids is 2. The molecule has 11 heteroatoms. The number of benzene rings is 2. The fourth-order valence-corrected chi connectivity index (χ4v) is 7.08. The first-order chi connectivity index (χ1) is 18.0. The Kier molecular flexibility index (Phi) is 8.01. The molecule has 1 aromatic heterocycles. The van der Waals surface area contributed by atoms with E-state index in [1.807, 2.05) is 13.8 Å². The molecule has 0 aliphatic carbocycles. The highest BCUT2D eigenvalue weighted by molar-refractivity contribution is 7.90. The predicted octanol–water partition coefficient (Wildman–Crippen LogP) is 5.21. The summed E-state index contributed by atoms with van der Waals surface area (Å²) >= 11 is 12.4. The fourth-order valence-electron chi connectivity index (χ4n) is 4.96. The summed E-state index contributed by atoms with van der Waals surface area (Å²) in [6.45, 7) is 4.74. The van der Waals surface area contributed by atoms with Crippen molar-refractivity contribution >= 4 is 62.2 Å². The molecule has 0 spiro atoms. The van der Waals surface area contributed by atoms with Gasteiger partial charge in [0.05, 0.1) is 21.8 Å². The molecular weight excluding hydrogens is 559 g/mol. The van der Waals surface area contributed by atoms with Gasteiger partial charge in [0.1, 0.15) is 0 Å². The molecule has 2 aromatic carbocycles. The van der Waals surface area contributed by atoms with Gasteiger partial charge in [0, 0.05) is 57.4 Å². The van der Waals surface area contributed by atoms with E-state index in [0.717, 1.165) is 6.42 Å². The number of aryl methyl sites for hydroxylation is 1. The second-order valence-electron chi connectivity index (χ2n) is 9.64. The summed E-state index contributed by atoms with van der Waals surface area (Å²) < 4.78 is 26.6. The number of halogens is 2. The minimum Gasteiger partial charge on any atom is -0.358 e. The van der Waals surface area contributed by atoms with Crippen LogP contribution in [0.3, 0.4) is 0 Å². The Labute approximate surface area is 238 Å². The van der Waals surface area contributed by atoms with E-state index in [1.54, 1.807) is 35.2 Å². The average Bonchev–Trinajstić information content (AvgIpc) is 3.51.